The van der Waals surface area contributed by atoms with Crippen LogP contribution < -0.4 is 10.2 Å². The van der Waals surface area contributed by atoms with E-state index in [1.54, 1.807) is 0 Å². The second kappa shape index (κ2) is 10.1. The van der Waals surface area contributed by atoms with Gasteiger partial charge in [0, 0.05) is 62.9 Å². The molecule has 1 aromatic heterocycles. The largest absolute Gasteiger partial charge is 0.369 e. The summed E-state index contributed by atoms with van der Waals surface area (Å²) >= 11 is 0. The van der Waals surface area contributed by atoms with Crippen molar-refractivity contribution in [2.75, 3.05) is 44.2 Å². The smallest absolute Gasteiger partial charge is 0.317 e. The normalized spacial score (nSPS) is 21.6. The Balaban J connectivity index is 1.45. The summed E-state index contributed by atoms with van der Waals surface area (Å²) in [6.45, 7) is 12.1. The first-order chi connectivity index (χ1) is 13.6. The molecule has 2 fully saturated rings. The Hall–Kier alpha value is -1.82. The van der Waals surface area contributed by atoms with Crippen LogP contribution >= 0.6 is 0 Å². The molecule has 0 bridgehead atoms. The van der Waals surface area contributed by atoms with E-state index in [0.717, 1.165) is 45.6 Å². The van der Waals surface area contributed by atoms with E-state index in [4.69, 9.17) is 0 Å². The van der Waals surface area contributed by atoms with Crippen LogP contribution in [-0.2, 0) is 0 Å². The zero-order valence-corrected chi connectivity index (χ0v) is 17.9. The van der Waals surface area contributed by atoms with Crippen molar-refractivity contribution < 1.29 is 4.79 Å². The number of anilines is 1. The van der Waals surface area contributed by atoms with Gasteiger partial charge in [-0.25, -0.2) is 4.79 Å². The van der Waals surface area contributed by atoms with Gasteiger partial charge in [0.25, 0.3) is 0 Å². The highest BCUT2D eigenvalue weighted by Gasteiger charge is 2.25. The maximum Gasteiger partial charge on any atom is 0.317 e. The number of urea groups is 1. The lowest BCUT2D eigenvalue weighted by molar-refractivity contribution is 0.105. The van der Waals surface area contributed by atoms with Crippen LogP contribution in [0.2, 0.25) is 0 Å². The van der Waals surface area contributed by atoms with Gasteiger partial charge in [-0.05, 0) is 64.6 Å². The SMILES string of the molecule is Cc1cnccc1N1CCCN(C(=O)NCCC2CCCCN2C(C)C)CC1. The number of piperidine rings is 1. The quantitative estimate of drug-likeness (QED) is 0.843. The van der Waals surface area contributed by atoms with Crippen LogP contribution in [0.4, 0.5) is 10.5 Å². The molecule has 0 saturated carbocycles. The zero-order valence-electron chi connectivity index (χ0n) is 17.9. The molecule has 0 aromatic carbocycles. The third-order valence-corrected chi connectivity index (χ3v) is 6.20. The van der Waals surface area contributed by atoms with Crippen LogP contribution in [0.5, 0.6) is 0 Å². The van der Waals surface area contributed by atoms with Crippen LogP contribution in [0, 0.1) is 6.92 Å². The highest BCUT2D eigenvalue weighted by molar-refractivity contribution is 5.74. The van der Waals surface area contributed by atoms with Crippen molar-refractivity contribution in [3.05, 3.63) is 24.0 Å². The molecule has 1 unspecified atom stereocenters. The Morgan fingerprint density at radius 3 is 2.82 bits per heavy atom. The maximum atomic E-state index is 12.7. The minimum absolute atomic E-state index is 0.0974. The monoisotopic (exact) mass is 387 g/mol. The van der Waals surface area contributed by atoms with Gasteiger partial charge in [0.15, 0.2) is 0 Å². The van der Waals surface area contributed by atoms with Crippen molar-refractivity contribution in [1.82, 2.24) is 20.1 Å². The molecule has 2 aliphatic rings. The van der Waals surface area contributed by atoms with E-state index < -0.39 is 0 Å². The van der Waals surface area contributed by atoms with Gasteiger partial charge < -0.3 is 15.1 Å². The van der Waals surface area contributed by atoms with Crippen molar-refractivity contribution in [1.29, 1.82) is 0 Å². The molecule has 1 aromatic rings. The molecule has 2 aliphatic heterocycles. The number of aryl methyl sites for hydroxylation is 1. The number of rotatable bonds is 5. The molecule has 6 heteroatoms. The van der Waals surface area contributed by atoms with E-state index in [2.05, 4.69) is 46.9 Å². The van der Waals surface area contributed by atoms with Gasteiger partial charge in [-0.2, -0.15) is 0 Å². The molecular formula is C22H37N5O. The fourth-order valence-electron chi connectivity index (χ4n) is 4.65. The van der Waals surface area contributed by atoms with Crippen LogP contribution in [0.3, 0.4) is 0 Å². The first kappa shape index (κ1) is 20.9. The fraction of sp³-hybridized carbons (Fsp3) is 0.727. The second-order valence-corrected chi connectivity index (χ2v) is 8.49. The summed E-state index contributed by atoms with van der Waals surface area (Å²) in [6, 6.07) is 3.38. The highest BCUT2D eigenvalue weighted by Crippen LogP contribution is 2.22. The third kappa shape index (κ3) is 5.37. The number of amides is 2. The number of hydrogen-bond donors (Lipinski definition) is 1. The zero-order chi connectivity index (χ0) is 19.9. The lowest BCUT2D eigenvalue weighted by Crippen LogP contribution is -2.47. The number of nitrogens with one attached hydrogen (secondary N) is 1. The Kier molecular flexibility index (Phi) is 7.54. The molecule has 3 heterocycles. The summed E-state index contributed by atoms with van der Waals surface area (Å²) < 4.78 is 0. The molecule has 3 rings (SSSR count). The van der Waals surface area contributed by atoms with E-state index in [1.165, 1.54) is 37.1 Å². The molecule has 0 radical (unpaired) electrons. The van der Waals surface area contributed by atoms with Crippen molar-refractivity contribution in [3.63, 3.8) is 0 Å². The van der Waals surface area contributed by atoms with Crippen molar-refractivity contribution >= 4 is 11.7 Å². The van der Waals surface area contributed by atoms with Gasteiger partial charge in [0.1, 0.15) is 0 Å². The summed E-state index contributed by atoms with van der Waals surface area (Å²) in [4.78, 5) is 23.9. The number of pyridine rings is 1. The molecule has 28 heavy (non-hydrogen) atoms. The average molecular weight is 388 g/mol. The van der Waals surface area contributed by atoms with Crippen LogP contribution in [0.1, 0.15) is 51.5 Å². The van der Waals surface area contributed by atoms with Gasteiger partial charge >= 0.3 is 6.03 Å². The molecule has 156 valence electrons. The number of aromatic nitrogens is 1. The van der Waals surface area contributed by atoms with E-state index in [1.807, 2.05) is 17.3 Å². The molecule has 2 amide bonds. The van der Waals surface area contributed by atoms with Crippen molar-refractivity contribution in [2.24, 2.45) is 0 Å². The Labute approximate surface area is 170 Å². The van der Waals surface area contributed by atoms with Gasteiger partial charge in [0.2, 0.25) is 0 Å². The van der Waals surface area contributed by atoms with Gasteiger partial charge in [-0.3, -0.25) is 9.88 Å². The topological polar surface area (TPSA) is 51.7 Å². The first-order valence-corrected chi connectivity index (χ1v) is 11.0. The maximum absolute atomic E-state index is 12.7. The Bertz CT molecular complexity index is 635. The molecular weight excluding hydrogens is 350 g/mol. The number of carbonyl (C=O) groups excluding carboxylic acids is 1. The molecule has 1 atom stereocenters. The molecule has 1 N–H and O–H groups in total. The highest BCUT2D eigenvalue weighted by atomic mass is 16.2. The minimum Gasteiger partial charge on any atom is -0.369 e. The molecule has 6 nitrogen and oxygen atoms in total. The summed E-state index contributed by atoms with van der Waals surface area (Å²) in [7, 11) is 0. The van der Waals surface area contributed by atoms with Crippen LogP contribution in [0.15, 0.2) is 18.5 Å². The minimum atomic E-state index is 0.0974. The van der Waals surface area contributed by atoms with E-state index in [9.17, 15) is 4.79 Å². The standard InChI is InChI=1S/C22H37N5O/c1-18(2)27-14-5-4-7-20(27)8-11-24-22(28)26-13-6-12-25(15-16-26)21-9-10-23-17-19(21)3/h9-10,17-18,20H,4-8,11-16H2,1-3H3,(H,24,28). The Morgan fingerprint density at radius 1 is 1.18 bits per heavy atom. The number of nitrogens with zero attached hydrogens (tertiary/aromatic N) is 4. The van der Waals surface area contributed by atoms with Crippen molar-refractivity contribution in [3.8, 4) is 0 Å². The number of likely N-dealkylation sites (tertiary alicyclic amines) is 1. The number of hydrogen-bond acceptors (Lipinski definition) is 4. The summed E-state index contributed by atoms with van der Waals surface area (Å²) in [6.07, 6.45) is 9.71. The van der Waals surface area contributed by atoms with E-state index in [0.29, 0.717) is 12.1 Å². The Morgan fingerprint density at radius 2 is 2.04 bits per heavy atom. The predicted octanol–water partition coefficient (Wildman–Crippen LogP) is 3.26. The summed E-state index contributed by atoms with van der Waals surface area (Å²) in [5, 5.41) is 3.18. The predicted molar refractivity (Wildman–Crippen MR) is 115 cm³/mol. The summed E-state index contributed by atoms with van der Waals surface area (Å²) in [5.74, 6) is 0. The average Bonchev–Trinajstić information content (AvgIpc) is 2.95. The summed E-state index contributed by atoms with van der Waals surface area (Å²) in [5.41, 5.74) is 2.44. The lowest BCUT2D eigenvalue weighted by atomic mass is 9.98. The van der Waals surface area contributed by atoms with Crippen LogP contribution in [0.25, 0.3) is 0 Å². The van der Waals surface area contributed by atoms with Gasteiger partial charge in [0.05, 0.1) is 0 Å². The lowest BCUT2D eigenvalue weighted by Gasteiger charge is -2.38. The van der Waals surface area contributed by atoms with Gasteiger partial charge in [-0.1, -0.05) is 6.42 Å². The number of carbonyl (C=O) groups is 1. The van der Waals surface area contributed by atoms with Crippen LogP contribution in [-0.4, -0.2) is 72.2 Å². The first-order valence-electron chi connectivity index (χ1n) is 11.0. The van der Waals surface area contributed by atoms with E-state index in [-0.39, 0.29) is 6.03 Å². The fourth-order valence-corrected chi connectivity index (χ4v) is 4.65. The van der Waals surface area contributed by atoms with Gasteiger partial charge in [-0.15, -0.1) is 0 Å². The molecule has 2 saturated heterocycles. The van der Waals surface area contributed by atoms with E-state index >= 15 is 0 Å². The molecule has 0 aliphatic carbocycles. The second-order valence-electron chi connectivity index (χ2n) is 8.49. The van der Waals surface area contributed by atoms with Crippen molar-refractivity contribution in [2.45, 2.75) is 65.0 Å². The molecule has 0 spiro atoms. The third-order valence-electron chi connectivity index (χ3n) is 6.20.